The van der Waals surface area contributed by atoms with Gasteiger partial charge in [-0.05, 0) is 45.4 Å². The monoisotopic (exact) mass is 449 g/mol. The molecule has 33 heavy (non-hydrogen) atoms. The van der Waals surface area contributed by atoms with Crippen molar-refractivity contribution in [1.82, 2.24) is 4.90 Å². The number of allylic oxidation sites excluding steroid dienone is 1. The summed E-state index contributed by atoms with van der Waals surface area (Å²) in [5.41, 5.74) is 4.30. The quantitative estimate of drug-likeness (QED) is 0.462. The van der Waals surface area contributed by atoms with Crippen molar-refractivity contribution >= 4 is 22.4 Å². The Kier molecular flexibility index (Phi) is 6.75. The third-order valence-electron chi connectivity index (χ3n) is 5.87. The van der Waals surface area contributed by atoms with Crippen LogP contribution in [0.5, 0.6) is 11.5 Å². The third-order valence-corrected chi connectivity index (χ3v) is 5.87. The molecule has 0 aliphatic carbocycles. The maximum Gasteiger partial charge on any atom is 0.247 e. The molecule has 1 fully saturated rings. The first kappa shape index (κ1) is 22.9. The Morgan fingerprint density at radius 2 is 1.85 bits per heavy atom. The molecule has 0 radical (unpaired) electrons. The number of carbonyl (C=O) groups excluding carboxylic acids is 1. The normalized spacial score (nSPS) is 19.1. The van der Waals surface area contributed by atoms with Crippen molar-refractivity contribution in [2.75, 3.05) is 26.8 Å². The van der Waals surface area contributed by atoms with Crippen molar-refractivity contribution in [3.63, 3.8) is 0 Å². The van der Waals surface area contributed by atoms with Gasteiger partial charge in [-0.3, -0.25) is 4.79 Å². The lowest BCUT2D eigenvalue weighted by Crippen LogP contribution is -2.47. The number of rotatable bonds is 6. The molecule has 3 aromatic rings. The Morgan fingerprint density at radius 3 is 2.55 bits per heavy atom. The van der Waals surface area contributed by atoms with E-state index in [4.69, 9.17) is 18.6 Å². The summed E-state index contributed by atoms with van der Waals surface area (Å²) in [6, 6.07) is 11.8. The number of fused-ring (bicyclic) bond motifs is 1. The molecule has 2 aromatic carbocycles. The van der Waals surface area contributed by atoms with Crippen LogP contribution < -0.4 is 9.47 Å². The number of benzene rings is 2. The fourth-order valence-electron chi connectivity index (χ4n) is 4.43. The van der Waals surface area contributed by atoms with E-state index in [0.29, 0.717) is 25.4 Å². The van der Waals surface area contributed by atoms with Gasteiger partial charge in [-0.15, -0.1) is 0 Å². The van der Waals surface area contributed by atoms with Gasteiger partial charge in [0.05, 0.1) is 32.2 Å². The molecule has 1 amide bonds. The van der Waals surface area contributed by atoms with Crippen molar-refractivity contribution in [2.45, 2.75) is 39.9 Å². The second-order valence-electron chi connectivity index (χ2n) is 8.46. The molecule has 2 atom stereocenters. The average Bonchev–Trinajstić information content (AvgIpc) is 3.20. The van der Waals surface area contributed by atoms with Gasteiger partial charge in [0.1, 0.15) is 17.1 Å². The van der Waals surface area contributed by atoms with Crippen LogP contribution in [0.4, 0.5) is 0 Å². The number of carbonyl (C=O) groups is 1. The molecule has 2 heterocycles. The van der Waals surface area contributed by atoms with Crippen LogP contribution in [0, 0.1) is 0 Å². The topological polar surface area (TPSA) is 61.1 Å². The molecule has 1 saturated heterocycles. The van der Waals surface area contributed by atoms with Crippen LogP contribution in [0.3, 0.4) is 0 Å². The predicted octanol–water partition coefficient (Wildman–Crippen LogP) is 5.55. The van der Waals surface area contributed by atoms with Crippen LogP contribution in [0.15, 0.2) is 53.2 Å². The van der Waals surface area contributed by atoms with E-state index in [1.807, 2.05) is 69.0 Å². The maximum atomic E-state index is 13.0. The Labute approximate surface area is 194 Å². The van der Waals surface area contributed by atoms with Gasteiger partial charge in [-0.25, -0.2) is 0 Å². The minimum Gasteiger partial charge on any atom is -0.496 e. The summed E-state index contributed by atoms with van der Waals surface area (Å²) >= 11 is 0. The van der Waals surface area contributed by atoms with Crippen molar-refractivity contribution in [2.24, 2.45) is 0 Å². The molecule has 0 saturated carbocycles. The number of methoxy groups -OCH3 is 1. The number of ether oxygens (including phenoxy) is 3. The van der Waals surface area contributed by atoms with Gasteiger partial charge in [0.2, 0.25) is 5.91 Å². The molecule has 1 aliphatic heterocycles. The Hall–Kier alpha value is -3.25. The second kappa shape index (κ2) is 9.71. The van der Waals surface area contributed by atoms with Crippen LogP contribution >= 0.6 is 0 Å². The van der Waals surface area contributed by atoms with Crippen LogP contribution in [0.25, 0.3) is 27.7 Å². The minimum absolute atomic E-state index is 0.0193. The molecule has 6 nitrogen and oxygen atoms in total. The zero-order chi connectivity index (χ0) is 23.5. The standard InChI is InChI=1S/C27H31NO5/c1-6-31-25-13-26-22(23(16-32-26)20-9-7-8-10-24(20)30-5)12-21(25)17(2)11-27(29)28-14-18(3)33-19(4)15-28/h7-13,16,18-19H,6,14-15H2,1-5H3/b17-11+. The van der Waals surface area contributed by atoms with Crippen molar-refractivity contribution in [3.05, 3.63) is 54.3 Å². The number of hydrogen-bond acceptors (Lipinski definition) is 5. The van der Waals surface area contributed by atoms with E-state index in [2.05, 4.69) is 0 Å². The average molecular weight is 450 g/mol. The molecule has 0 N–H and O–H groups in total. The highest BCUT2D eigenvalue weighted by molar-refractivity contribution is 6.01. The van der Waals surface area contributed by atoms with Crippen LogP contribution in [0.2, 0.25) is 0 Å². The van der Waals surface area contributed by atoms with E-state index in [0.717, 1.165) is 39.0 Å². The highest BCUT2D eigenvalue weighted by Gasteiger charge is 2.25. The first-order chi connectivity index (χ1) is 15.9. The summed E-state index contributed by atoms with van der Waals surface area (Å²) in [4.78, 5) is 14.9. The minimum atomic E-state index is -0.0193. The molecule has 0 spiro atoms. The summed E-state index contributed by atoms with van der Waals surface area (Å²) in [6.45, 7) is 9.55. The van der Waals surface area contributed by atoms with Gasteiger partial charge < -0.3 is 23.5 Å². The molecule has 1 aromatic heterocycles. The number of morpholine rings is 1. The maximum absolute atomic E-state index is 13.0. The predicted molar refractivity (Wildman–Crippen MR) is 130 cm³/mol. The smallest absolute Gasteiger partial charge is 0.247 e. The fraction of sp³-hybridized carbons (Fsp3) is 0.370. The van der Waals surface area contributed by atoms with Crippen LogP contribution in [-0.4, -0.2) is 49.8 Å². The first-order valence-electron chi connectivity index (χ1n) is 11.4. The van der Waals surface area contributed by atoms with E-state index in [-0.39, 0.29) is 18.1 Å². The number of amides is 1. The van der Waals surface area contributed by atoms with E-state index >= 15 is 0 Å². The van der Waals surface area contributed by atoms with Crippen molar-refractivity contribution in [3.8, 4) is 22.6 Å². The van der Waals surface area contributed by atoms with E-state index in [9.17, 15) is 4.79 Å². The lowest BCUT2D eigenvalue weighted by Gasteiger charge is -2.34. The van der Waals surface area contributed by atoms with Gasteiger partial charge in [-0.1, -0.05) is 18.2 Å². The Balaban J connectivity index is 1.76. The highest BCUT2D eigenvalue weighted by Crippen LogP contribution is 2.40. The van der Waals surface area contributed by atoms with Gasteiger partial charge in [0, 0.05) is 47.3 Å². The zero-order valence-electron chi connectivity index (χ0n) is 19.9. The largest absolute Gasteiger partial charge is 0.496 e. The summed E-state index contributed by atoms with van der Waals surface area (Å²) in [6.07, 6.45) is 3.48. The number of para-hydroxylation sites is 1. The molecule has 174 valence electrons. The van der Waals surface area contributed by atoms with E-state index in [1.165, 1.54) is 0 Å². The molecule has 1 aliphatic rings. The van der Waals surface area contributed by atoms with Gasteiger partial charge >= 0.3 is 0 Å². The summed E-state index contributed by atoms with van der Waals surface area (Å²) in [5.74, 6) is 1.44. The number of furan rings is 1. The lowest BCUT2D eigenvalue weighted by atomic mass is 9.98. The summed E-state index contributed by atoms with van der Waals surface area (Å²) in [5, 5.41) is 0.937. The lowest BCUT2D eigenvalue weighted by molar-refractivity contribution is -0.137. The fourth-order valence-corrected chi connectivity index (χ4v) is 4.43. The second-order valence-corrected chi connectivity index (χ2v) is 8.46. The number of nitrogens with zero attached hydrogens (tertiary/aromatic N) is 1. The molecular weight excluding hydrogens is 418 g/mol. The highest BCUT2D eigenvalue weighted by atomic mass is 16.5. The molecular formula is C27H31NO5. The zero-order valence-corrected chi connectivity index (χ0v) is 19.9. The molecule has 0 bridgehead atoms. The first-order valence-corrected chi connectivity index (χ1v) is 11.4. The van der Waals surface area contributed by atoms with Crippen LogP contribution in [-0.2, 0) is 9.53 Å². The van der Waals surface area contributed by atoms with Crippen molar-refractivity contribution in [1.29, 1.82) is 0 Å². The van der Waals surface area contributed by atoms with E-state index < -0.39 is 0 Å². The van der Waals surface area contributed by atoms with Crippen molar-refractivity contribution < 1.29 is 23.4 Å². The molecule has 4 rings (SSSR count). The SMILES string of the molecule is CCOc1cc2occ(-c3ccccc3OC)c2cc1/C(C)=C/C(=O)N1CC(C)OC(C)C1. The van der Waals surface area contributed by atoms with Crippen LogP contribution in [0.1, 0.15) is 33.3 Å². The summed E-state index contributed by atoms with van der Waals surface area (Å²) < 4.78 is 23.1. The summed E-state index contributed by atoms with van der Waals surface area (Å²) in [7, 11) is 1.66. The van der Waals surface area contributed by atoms with E-state index in [1.54, 1.807) is 19.4 Å². The number of hydrogen-bond donors (Lipinski definition) is 0. The van der Waals surface area contributed by atoms with Gasteiger partial charge in [0.15, 0.2) is 0 Å². The van der Waals surface area contributed by atoms with Gasteiger partial charge in [-0.2, -0.15) is 0 Å². The van der Waals surface area contributed by atoms with Gasteiger partial charge in [0.25, 0.3) is 0 Å². The third kappa shape index (κ3) is 4.76. The Bertz CT molecular complexity index is 1170. The molecule has 6 heteroatoms. The molecule has 2 unspecified atom stereocenters. The Morgan fingerprint density at radius 1 is 1.12 bits per heavy atom.